The van der Waals surface area contributed by atoms with E-state index in [0.717, 1.165) is 24.1 Å². The second-order valence-corrected chi connectivity index (χ2v) is 5.00. The van der Waals surface area contributed by atoms with Gasteiger partial charge in [0.15, 0.2) is 0 Å². The van der Waals surface area contributed by atoms with Crippen LogP contribution in [0, 0.1) is 0 Å². The molecule has 0 atom stereocenters. The molecule has 0 saturated heterocycles. The Morgan fingerprint density at radius 1 is 0.842 bits per heavy atom. The molecule has 0 aromatic heterocycles. The van der Waals surface area contributed by atoms with E-state index in [9.17, 15) is 0 Å². The van der Waals surface area contributed by atoms with E-state index in [1.54, 1.807) is 0 Å². The fraction of sp³-hybridized carbons (Fsp3) is 0.176. The maximum Gasteiger partial charge on any atom is 0.119 e. The van der Waals surface area contributed by atoms with Crippen molar-refractivity contribution in [1.29, 1.82) is 0 Å². The molecule has 0 aliphatic carbocycles. The highest BCUT2D eigenvalue weighted by molar-refractivity contribution is 9.09. The minimum absolute atomic E-state index is 0.754. The molecule has 0 N–H and O–H groups in total. The van der Waals surface area contributed by atoms with Crippen molar-refractivity contribution in [2.24, 2.45) is 0 Å². The van der Waals surface area contributed by atoms with Crippen LogP contribution in [0.25, 0.3) is 12.2 Å². The second kappa shape index (κ2) is 7.80. The fourth-order valence-corrected chi connectivity index (χ4v) is 1.91. The quantitative estimate of drug-likeness (QED) is 0.413. The standard InChI is InChI=1S/C17H17BrO/c18-13-4-14-19-17-11-9-16(10-12-17)8-7-15-5-2-1-3-6-15/h1-3,5-12H,4,13-14H2. The molecule has 2 aromatic rings. The minimum Gasteiger partial charge on any atom is -0.494 e. The largest absolute Gasteiger partial charge is 0.494 e. The molecule has 0 bridgehead atoms. The van der Waals surface area contributed by atoms with Gasteiger partial charge in [0.1, 0.15) is 5.75 Å². The molecule has 2 aromatic carbocycles. The smallest absolute Gasteiger partial charge is 0.119 e. The van der Waals surface area contributed by atoms with Crippen LogP contribution in [0.2, 0.25) is 0 Å². The van der Waals surface area contributed by atoms with E-state index in [1.807, 2.05) is 30.3 Å². The zero-order chi connectivity index (χ0) is 13.3. The van der Waals surface area contributed by atoms with Crippen molar-refractivity contribution in [3.8, 4) is 5.75 Å². The fourth-order valence-electron chi connectivity index (χ4n) is 1.68. The lowest BCUT2D eigenvalue weighted by molar-refractivity contribution is 0.319. The highest BCUT2D eigenvalue weighted by Gasteiger charge is 1.93. The molecular weight excluding hydrogens is 300 g/mol. The predicted molar refractivity (Wildman–Crippen MR) is 85.7 cm³/mol. The topological polar surface area (TPSA) is 9.23 Å². The van der Waals surface area contributed by atoms with Gasteiger partial charge in [-0.3, -0.25) is 0 Å². The van der Waals surface area contributed by atoms with Crippen molar-refractivity contribution in [1.82, 2.24) is 0 Å². The third kappa shape index (κ3) is 4.92. The molecule has 2 heteroatoms. The van der Waals surface area contributed by atoms with Gasteiger partial charge in [-0.15, -0.1) is 0 Å². The van der Waals surface area contributed by atoms with Crippen molar-refractivity contribution in [2.75, 3.05) is 11.9 Å². The molecule has 1 nitrogen and oxygen atoms in total. The first-order chi connectivity index (χ1) is 9.38. The zero-order valence-electron chi connectivity index (χ0n) is 10.8. The van der Waals surface area contributed by atoms with Gasteiger partial charge in [0.05, 0.1) is 6.61 Å². The molecule has 0 saturated carbocycles. The summed E-state index contributed by atoms with van der Waals surface area (Å²) in [5, 5.41) is 0.977. The highest BCUT2D eigenvalue weighted by Crippen LogP contribution is 2.14. The van der Waals surface area contributed by atoms with E-state index in [4.69, 9.17) is 4.74 Å². The summed E-state index contributed by atoms with van der Waals surface area (Å²) in [4.78, 5) is 0. The zero-order valence-corrected chi connectivity index (χ0v) is 12.3. The molecule has 0 radical (unpaired) electrons. The van der Waals surface area contributed by atoms with Crippen LogP contribution in [-0.4, -0.2) is 11.9 Å². The normalized spacial score (nSPS) is 10.8. The first-order valence-electron chi connectivity index (χ1n) is 6.40. The van der Waals surface area contributed by atoms with E-state index < -0.39 is 0 Å². The second-order valence-electron chi connectivity index (χ2n) is 4.20. The number of alkyl halides is 1. The monoisotopic (exact) mass is 316 g/mol. The maximum atomic E-state index is 5.61. The molecule has 2 rings (SSSR count). The molecule has 0 amide bonds. The van der Waals surface area contributed by atoms with Gasteiger partial charge < -0.3 is 4.74 Å². The molecule has 0 unspecified atom stereocenters. The predicted octanol–water partition coefficient (Wildman–Crippen LogP) is 5.02. The Balaban J connectivity index is 1.93. The lowest BCUT2D eigenvalue weighted by Gasteiger charge is -2.04. The van der Waals surface area contributed by atoms with Gasteiger partial charge in [-0.25, -0.2) is 0 Å². The number of halogens is 1. The summed E-state index contributed by atoms with van der Waals surface area (Å²) in [6.07, 6.45) is 5.24. The van der Waals surface area contributed by atoms with Crippen LogP contribution in [0.5, 0.6) is 5.75 Å². The molecule has 0 spiro atoms. The van der Waals surface area contributed by atoms with Gasteiger partial charge in [-0.05, 0) is 29.7 Å². The lowest BCUT2D eigenvalue weighted by Crippen LogP contribution is -1.97. The SMILES string of the molecule is BrCCCOc1ccc(C=Cc2ccccc2)cc1. The third-order valence-electron chi connectivity index (χ3n) is 2.69. The van der Waals surface area contributed by atoms with Gasteiger partial charge in [0, 0.05) is 5.33 Å². The van der Waals surface area contributed by atoms with Gasteiger partial charge in [0.25, 0.3) is 0 Å². The lowest BCUT2D eigenvalue weighted by atomic mass is 10.1. The molecule has 0 heterocycles. The van der Waals surface area contributed by atoms with Crippen LogP contribution in [0.4, 0.5) is 0 Å². The first-order valence-corrected chi connectivity index (χ1v) is 7.52. The number of benzene rings is 2. The van der Waals surface area contributed by atoms with Crippen molar-refractivity contribution in [3.63, 3.8) is 0 Å². The Bertz CT molecular complexity index is 503. The highest BCUT2D eigenvalue weighted by atomic mass is 79.9. The molecular formula is C17H17BrO. The molecule has 98 valence electrons. The summed E-state index contributed by atoms with van der Waals surface area (Å²) >= 11 is 3.39. The summed E-state index contributed by atoms with van der Waals surface area (Å²) in [5.41, 5.74) is 2.39. The van der Waals surface area contributed by atoms with Crippen molar-refractivity contribution < 1.29 is 4.74 Å². The summed E-state index contributed by atoms with van der Waals surface area (Å²) in [7, 11) is 0. The van der Waals surface area contributed by atoms with Crippen LogP contribution in [0.1, 0.15) is 17.5 Å². The first kappa shape index (κ1) is 13.9. The Hall–Kier alpha value is -1.54. The van der Waals surface area contributed by atoms with Crippen LogP contribution >= 0.6 is 15.9 Å². The van der Waals surface area contributed by atoms with E-state index in [2.05, 4.69) is 52.3 Å². The van der Waals surface area contributed by atoms with Crippen LogP contribution in [0.15, 0.2) is 54.6 Å². The number of hydrogen-bond acceptors (Lipinski definition) is 1. The minimum atomic E-state index is 0.754. The van der Waals surface area contributed by atoms with Crippen LogP contribution < -0.4 is 4.74 Å². The summed E-state index contributed by atoms with van der Waals surface area (Å²) in [6, 6.07) is 18.5. The number of ether oxygens (including phenoxy) is 1. The van der Waals surface area contributed by atoms with Gasteiger partial charge >= 0.3 is 0 Å². The van der Waals surface area contributed by atoms with Crippen molar-refractivity contribution in [2.45, 2.75) is 6.42 Å². The van der Waals surface area contributed by atoms with E-state index in [0.29, 0.717) is 0 Å². The Labute approximate surface area is 123 Å². The van der Waals surface area contributed by atoms with Crippen molar-refractivity contribution in [3.05, 3.63) is 65.7 Å². The maximum absolute atomic E-state index is 5.61. The van der Waals surface area contributed by atoms with E-state index in [-0.39, 0.29) is 0 Å². The third-order valence-corrected chi connectivity index (χ3v) is 3.26. The van der Waals surface area contributed by atoms with E-state index >= 15 is 0 Å². The summed E-state index contributed by atoms with van der Waals surface area (Å²) in [6.45, 7) is 0.754. The number of rotatable bonds is 6. The van der Waals surface area contributed by atoms with Crippen molar-refractivity contribution >= 4 is 28.1 Å². The molecule has 0 fully saturated rings. The number of hydrogen-bond donors (Lipinski definition) is 0. The average molecular weight is 317 g/mol. The van der Waals surface area contributed by atoms with E-state index in [1.165, 1.54) is 11.1 Å². The van der Waals surface area contributed by atoms with Gasteiger partial charge in [-0.1, -0.05) is 70.5 Å². The Kier molecular flexibility index (Phi) is 5.70. The average Bonchev–Trinajstić information content (AvgIpc) is 2.48. The Morgan fingerprint density at radius 3 is 2.11 bits per heavy atom. The molecule has 0 aliphatic heterocycles. The summed E-state index contributed by atoms with van der Waals surface area (Å²) in [5.74, 6) is 0.929. The molecule has 0 aliphatic rings. The summed E-state index contributed by atoms with van der Waals surface area (Å²) < 4.78 is 5.61. The van der Waals surface area contributed by atoms with Gasteiger partial charge in [0.2, 0.25) is 0 Å². The van der Waals surface area contributed by atoms with Crippen LogP contribution in [-0.2, 0) is 0 Å². The van der Waals surface area contributed by atoms with Crippen LogP contribution in [0.3, 0.4) is 0 Å². The Morgan fingerprint density at radius 2 is 1.47 bits per heavy atom. The van der Waals surface area contributed by atoms with Gasteiger partial charge in [-0.2, -0.15) is 0 Å². The molecule has 19 heavy (non-hydrogen) atoms.